The molecule has 4 rings (SSSR count). The van der Waals surface area contributed by atoms with Gasteiger partial charge in [-0.15, -0.1) is 5.10 Å². The third kappa shape index (κ3) is 5.83. The molecule has 1 aliphatic heterocycles. The van der Waals surface area contributed by atoms with E-state index in [-0.39, 0.29) is 24.1 Å². The summed E-state index contributed by atoms with van der Waals surface area (Å²) in [6.07, 6.45) is 6.51. The van der Waals surface area contributed by atoms with E-state index in [1.165, 1.54) is 28.3 Å². The highest BCUT2D eigenvalue weighted by Crippen LogP contribution is 2.19. The number of aromatic nitrogens is 4. The second-order valence-corrected chi connectivity index (χ2v) is 9.21. The average Bonchev–Trinajstić information content (AvgIpc) is 3.22. The molecule has 1 N–H and O–H groups in total. The molecule has 1 aliphatic rings. The summed E-state index contributed by atoms with van der Waals surface area (Å²) in [4.78, 5) is 33.0. The largest absolute Gasteiger partial charge is 0.477 e. The number of aryl methyl sites for hydroxylation is 1. The van der Waals surface area contributed by atoms with E-state index in [4.69, 9.17) is 4.74 Å². The smallest absolute Gasteiger partial charge is 0.277 e. The van der Waals surface area contributed by atoms with Crippen LogP contribution in [-0.4, -0.2) is 62.3 Å². The summed E-state index contributed by atoms with van der Waals surface area (Å²) in [7, 11) is 0. The first kappa shape index (κ1) is 23.9. The molecule has 0 aromatic carbocycles. The fourth-order valence-electron chi connectivity index (χ4n) is 4.34. The topological polar surface area (TPSA) is 93.8 Å². The van der Waals surface area contributed by atoms with Crippen molar-refractivity contribution in [3.05, 3.63) is 46.5 Å². The van der Waals surface area contributed by atoms with Gasteiger partial charge in [-0.05, 0) is 65.3 Å². The summed E-state index contributed by atoms with van der Waals surface area (Å²) in [5, 5.41) is 7.33. The van der Waals surface area contributed by atoms with E-state index < -0.39 is 0 Å². The van der Waals surface area contributed by atoms with Crippen molar-refractivity contribution in [3.63, 3.8) is 0 Å². The first-order valence-electron chi connectivity index (χ1n) is 12.1. The molecule has 4 heterocycles. The molecule has 182 valence electrons. The van der Waals surface area contributed by atoms with Gasteiger partial charge in [0.2, 0.25) is 11.8 Å². The molecule has 0 spiro atoms. The maximum Gasteiger partial charge on any atom is 0.277 e. The molecular formula is C25H34N6O3. The maximum absolute atomic E-state index is 13.4. The van der Waals surface area contributed by atoms with Crippen molar-refractivity contribution in [2.24, 2.45) is 0 Å². The first-order chi connectivity index (χ1) is 16.4. The van der Waals surface area contributed by atoms with Crippen LogP contribution in [0.3, 0.4) is 0 Å². The number of hydrogen-bond donors (Lipinski definition) is 1. The van der Waals surface area contributed by atoms with Crippen LogP contribution in [0.2, 0.25) is 0 Å². The highest BCUT2D eigenvalue weighted by molar-refractivity contribution is 5.77. The minimum atomic E-state index is -0.310. The molecule has 3 aromatic rings. The molecule has 0 atom stereocenters. The minimum Gasteiger partial charge on any atom is -0.477 e. The highest BCUT2D eigenvalue weighted by atomic mass is 16.5. The van der Waals surface area contributed by atoms with E-state index in [0.29, 0.717) is 29.4 Å². The van der Waals surface area contributed by atoms with E-state index in [9.17, 15) is 9.59 Å². The van der Waals surface area contributed by atoms with Crippen molar-refractivity contribution in [2.75, 3.05) is 26.2 Å². The fraction of sp³-hybridized carbons (Fsp3) is 0.520. The van der Waals surface area contributed by atoms with Gasteiger partial charge < -0.3 is 15.0 Å². The van der Waals surface area contributed by atoms with Crippen LogP contribution in [-0.2, 0) is 11.3 Å². The van der Waals surface area contributed by atoms with E-state index >= 15 is 0 Å². The Balaban J connectivity index is 1.58. The summed E-state index contributed by atoms with van der Waals surface area (Å²) in [5.74, 6) is 0.173. The Labute approximate surface area is 199 Å². The summed E-state index contributed by atoms with van der Waals surface area (Å²) in [6.45, 7) is 9.43. The van der Waals surface area contributed by atoms with Gasteiger partial charge in [0.05, 0.1) is 24.2 Å². The number of nitrogens with one attached hydrogen (secondary N) is 1. The molecule has 34 heavy (non-hydrogen) atoms. The van der Waals surface area contributed by atoms with E-state index in [2.05, 4.69) is 20.3 Å². The second-order valence-electron chi connectivity index (χ2n) is 9.21. The predicted molar refractivity (Wildman–Crippen MR) is 131 cm³/mol. The molecule has 9 nitrogen and oxygen atoms in total. The summed E-state index contributed by atoms with van der Waals surface area (Å²) in [6, 6.07) is 7.22. The van der Waals surface area contributed by atoms with Crippen LogP contribution in [0.15, 0.2) is 35.3 Å². The Kier molecular flexibility index (Phi) is 7.62. The lowest BCUT2D eigenvalue weighted by Crippen LogP contribution is -2.37. The van der Waals surface area contributed by atoms with Crippen LogP contribution < -0.4 is 15.6 Å². The van der Waals surface area contributed by atoms with E-state index in [0.717, 1.165) is 31.7 Å². The Morgan fingerprint density at radius 3 is 2.74 bits per heavy atom. The third-order valence-corrected chi connectivity index (χ3v) is 5.93. The number of carbonyl (C=O) groups is 1. The molecule has 0 radical (unpaired) electrons. The second kappa shape index (κ2) is 10.8. The summed E-state index contributed by atoms with van der Waals surface area (Å²) >= 11 is 0. The first-order valence-corrected chi connectivity index (χ1v) is 12.1. The molecule has 1 saturated heterocycles. The monoisotopic (exact) mass is 466 g/mol. The molecular weight excluding hydrogens is 432 g/mol. The van der Waals surface area contributed by atoms with Crippen LogP contribution in [0.25, 0.3) is 16.9 Å². The molecule has 0 bridgehead atoms. The van der Waals surface area contributed by atoms with Crippen LogP contribution >= 0.6 is 0 Å². The van der Waals surface area contributed by atoms with Gasteiger partial charge >= 0.3 is 0 Å². The van der Waals surface area contributed by atoms with Gasteiger partial charge in [0.15, 0.2) is 0 Å². The number of piperidine rings is 1. The Morgan fingerprint density at radius 1 is 1.21 bits per heavy atom. The standard InChI is InChI=1S/C25H34N6O3/c1-18(2)26-23(32)17-30-22(20-10-7-9-19(3)27-20)16-31-21(25(30)33)15-24(28-31)34-14-8-13-29-11-5-4-6-12-29/h7,9-10,15-16,18H,4-6,8,11-14,17H2,1-3H3,(H,26,32). The molecule has 3 aromatic heterocycles. The fourth-order valence-corrected chi connectivity index (χ4v) is 4.34. The SMILES string of the molecule is Cc1cccc(-c2cn3nc(OCCCN4CCCCC4)cc3c(=O)n2CC(=O)NC(C)C)n1. The van der Waals surface area contributed by atoms with Crippen molar-refractivity contribution in [2.45, 2.75) is 59.0 Å². The Bertz CT molecular complexity index is 1190. The number of carbonyl (C=O) groups excluding carboxylic acids is 1. The van der Waals surface area contributed by atoms with E-state index in [1.54, 1.807) is 12.3 Å². The molecule has 0 aliphatic carbocycles. The van der Waals surface area contributed by atoms with Gasteiger partial charge in [0.1, 0.15) is 12.1 Å². The zero-order chi connectivity index (χ0) is 24.1. The minimum absolute atomic E-state index is 0.0209. The molecule has 0 unspecified atom stereocenters. The number of fused-ring (bicyclic) bond motifs is 1. The number of rotatable bonds is 9. The number of pyridine rings is 1. The zero-order valence-corrected chi connectivity index (χ0v) is 20.3. The zero-order valence-electron chi connectivity index (χ0n) is 20.3. The summed E-state index contributed by atoms with van der Waals surface area (Å²) in [5.41, 5.74) is 2.01. The molecule has 9 heteroatoms. The normalized spacial score (nSPS) is 14.6. The van der Waals surface area contributed by atoms with Crippen LogP contribution in [0.4, 0.5) is 0 Å². The van der Waals surface area contributed by atoms with Gasteiger partial charge in [0.25, 0.3) is 5.56 Å². The van der Waals surface area contributed by atoms with Crippen LogP contribution in [0.1, 0.15) is 45.2 Å². The average molecular weight is 467 g/mol. The van der Waals surface area contributed by atoms with E-state index in [1.807, 2.05) is 39.0 Å². The number of nitrogens with zero attached hydrogens (tertiary/aromatic N) is 5. The summed E-state index contributed by atoms with van der Waals surface area (Å²) < 4.78 is 8.85. The van der Waals surface area contributed by atoms with Gasteiger partial charge in [-0.1, -0.05) is 12.5 Å². The van der Waals surface area contributed by atoms with Gasteiger partial charge in [-0.25, -0.2) is 4.52 Å². The van der Waals surface area contributed by atoms with Crippen LogP contribution in [0, 0.1) is 6.92 Å². The van der Waals surface area contributed by atoms with Crippen molar-refractivity contribution in [3.8, 4) is 17.3 Å². The number of hydrogen-bond acceptors (Lipinski definition) is 6. The van der Waals surface area contributed by atoms with Gasteiger partial charge in [-0.3, -0.25) is 19.1 Å². The van der Waals surface area contributed by atoms with Crippen molar-refractivity contribution < 1.29 is 9.53 Å². The lowest BCUT2D eigenvalue weighted by atomic mass is 10.1. The number of amides is 1. The molecule has 0 saturated carbocycles. The van der Waals surface area contributed by atoms with Crippen molar-refractivity contribution in [1.82, 2.24) is 29.4 Å². The quantitative estimate of drug-likeness (QED) is 0.488. The van der Waals surface area contributed by atoms with Crippen molar-refractivity contribution in [1.29, 1.82) is 0 Å². The number of ether oxygens (including phenoxy) is 1. The lowest BCUT2D eigenvalue weighted by Gasteiger charge is -2.26. The van der Waals surface area contributed by atoms with Crippen molar-refractivity contribution >= 4 is 11.4 Å². The third-order valence-electron chi connectivity index (χ3n) is 5.93. The van der Waals surface area contributed by atoms with Gasteiger partial charge in [-0.2, -0.15) is 0 Å². The van der Waals surface area contributed by atoms with Crippen LogP contribution in [0.5, 0.6) is 5.88 Å². The maximum atomic E-state index is 13.4. The lowest BCUT2D eigenvalue weighted by molar-refractivity contribution is -0.122. The highest BCUT2D eigenvalue weighted by Gasteiger charge is 2.18. The van der Waals surface area contributed by atoms with Gasteiger partial charge in [0, 0.05) is 24.3 Å². The Hall–Kier alpha value is -3.20. The Morgan fingerprint density at radius 2 is 2.00 bits per heavy atom. The number of likely N-dealkylation sites (tertiary alicyclic amines) is 1. The molecule has 1 fully saturated rings. The molecule has 1 amide bonds. The predicted octanol–water partition coefficient (Wildman–Crippen LogP) is 2.65.